The summed E-state index contributed by atoms with van der Waals surface area (Å²) in [4.78, 5) is 26.0. The van der Waals surface area contributed by atoms with Crippen molar-refractivity contribution in [1.29, 1.82) is 0 Å². The predicted octanol–water partition coefficient (Wildman–Crippen LogP) is 2.49. The lowest BCUT2D eigenvalue weighted by molar-refractivity contribution is 0.415. The zero-order valence-corrected chi connectivity index (χ0v) is 16.2. The number of ether oxygens (including phenoxy) is 2. The molecule has 0 fully saturated rings. The second-order valence-electron chi connectivity index (χ2n) is 6.72. The largest absolute Gasteiger partial charge is 0.497 e. The van der Waals surface area contributed by atoms with E-state index in [9.17, 15) is 9.59 Å². The minimum atomic E-state index is -0.406. The van der Waals surface area contributed by atoms with Crippen molar-refractivity contribution in [3.05, 3.63) is 81.4 Å². The Morgan fingerprint density at radius 3 is 1.33 bits per heavy atom. The maximum atomic E-state index is 13.0. The molecular formula is C22H16N4O4. The van der Waals surface area contributed by atoms with E-state index >= 15 is 0 Å². The van der Waals surface area contributed by atoms with Crippen LogP contribution in [-0.4, -0.2) is 33.4 Å². The molecule has 0 spiro atoms. The molecule has 0 aliphatic rings. The van der Waals surface area contributed by atoms with Crippen molar-refractivity contribution in [2.45, 2.75) is 0 Å². The molecule has 0 radical (unpaired) electrons. The molecule has 0 N–H and O–H groups in total. The Morgan fingerprint density at radius 2 is 1.00 bits per heavy atom. The van der Waals surface area contributed by atoms with Crippen LogP contribution < -0.4 is 20.6 Å². The van der Waals surface area contributed by atoms with Crippen LogP contribution in [0.5, 0.6) is 11.5 Å². The summed E-state index contributed by atoms with van der Waals surface area (Å²) in [7, 11) is 3.17. The van der Waals surface area contributed by atoms with Gasteiger partial charge in [0.05, 0.1) is 25.6 Å². The van der Waals surface area contributed by atoms with E-state index in [1.54, 1.807) is 50.6 Å². The zero-order chi connectivity index (χ0) is 20.8. The fraction of sp³-hybridized carbons (Fsp3) is 0.0909. The average molecular weight is 400 g/mol. The highest BCUT2D eigenvalue weighted by atomic mass is 16.5. The summed E-state index contributed by atoms with van der Waals surface area (Å²) in [5.74, 6) is 1.42. The molecule has 0 unspecified atom stereocenters. The molecule has 148 valence electrons. The van der Waals surface area contributed by atoms with Crippen LogP contribution in [0, 0.1) is 0 Å². The van der Waals surface area contributed by atoms with E-state index in [4.69, 9.17) is 9.47 Å². The fourth-order valence-electron chi connectivity index (χ4n) is 3.40. The molecule has 5 aromatic rings. The van der Waals surface area contributed by atoms with Crippen molar-refractivity contribution in [3.8, 4) is 34.0 Å². The van der Waals surface area contributed by atoms with Crippen LogP contribution in [-0.2, 0) is 0 Å². The highest BCUT2D eigenvalue weighted by Crippen LogP contribution is 2.23. The van der Waals surface area contributed by atoms with Crippen molar-refractivity contribution in [2.24, 2.45) is 0 Å². The number of fused-ring (bicyclic) bond motifs is 2. The summed E-state index contributed by atoms with van der Waals surface area (Å²) < 4.78 is 12.6. The van der Waals surface area contributed by atoms with E-state index < -0.39 is 11.1 Å². The standard InChI is InChI=1S/C22H16N4O4/c1-29-15-7-3-13(4-8-15)17-11-19-21(27)26-20(22(28)25(19)23-17)12-18(24-26)14-5-9-16(30-2)10-6-14/h3-12H,1-2H3. The monoisotopic (exact) mass is 400 g/mol. The lowest BCUT2D eigenvalue weighted by Crippen LogP contribution is -2.26. The number of nitrogens with zero attached hydrogens (tertiary/aromatic N) is 4. The number of methoxy groups -OCH3 is 2. The van der Waals surface area contributed by atoms with Gasteiger partial charge < -0.3 is 9.47 Å². The van der Waals surface area contributed by atoms with Gasteiger partial charge in [0, 0.05) is 11.1 Å². The molecule has 0 saturated carbocycles. The minimum Gasteiger partial charge on any atom is -0.497 e. The zero-order valence-electron chi connectivity index (χ0n) is 16.2. The number of aromatic nitrogens is 4. The van der Waals surface area contributed by atoms with E-state index in [2.05, 4.69) is 10.2 Å². The van der Waals surface area contributed by atoms with Gasteiger partial charge in [0.25, 0.3) is 11.1 Å². The molecule has 0 aliphatic heterocycles. The first-order valence-corrected chi connectivity index (χ1v) is 9.17. The van der Waals surface area contributed by atoms with Crippen molar-refractivity contribution < 1.29 is 9.47 Å². The van der Waals surface area contributed by atoms with Crippen LogP contribution in [0.4, 0.5) is 0 Å². The molecule has 8 nitrogen and oxygen atoms in total. The Bertz CT molecular complexity index is 1310. The van der Waals surface area contributed by atoms with Crippen molar-refractivity contribution in [1.82, 2.24) is 19.2 Å². The minimum absolute atomic E-state index is 0.169. The SMILES string of the molecule is COc1ccc(-c2cc3c(=O)n4nc(-c5ccc(OC)cc5)cc4c(=O)n3n2)cc1. The maximum absolute atomic E-state index is 13.0. The van der Waals surface area contributed by atoms with Crippen LogP contribution >= 0.6 is 0 Å². The second-order valence-corrected chi connectivity index (χ2v) is 6.72. The first kappa shape index (κ1) is 17.9. The lowest BCUT2D eigenvalue weighted by Gasteiger charge is -2.00. The molecule has 0 atom stereocenters. The van der Waals surface area contributed by atoms with Gasteiger partial charge in [-0.1, -0.05) is 0 Å². The molecule has 5 rings (SSSR count). The normalized spacial score (nSPS) is 11.3. The topological polar surface area (TPSA) is 87.2 Å². The molecular weight excluding hydrogens is 384 g/mol. The Morgan fingerprint density at radius 1 is 0.633 bits per heavy atom. The first-order chi connectivity index (χ1) is 14.6. The van der Waals surface area contributed by atoms with Gasteiger partial charge >= 0.3 is 0 Å². The summed E-state index contributed by atoms with van der Waals surface area (Å²) >= 11 is 0. The Balaban J connectivity index is 1.66. The number of hydrogen-bond acceptors (Lipinski definition) is 6. The van der Waals surface area contributed by atoms with Gasteiger partial charge in [-0.25, -0.2) is 0 Å². The quantitative estimate of drug-likeness (QED) is 0.461. The van der Waals surface area contributed by atoms with Gasteiger partial charge in [0.15, 0.2) is 0 Å². The van der Waals surface area contributed by atoms with Gasteiger partial charge in [-0.3, -0.25) is 9.59 Å². The predicted molar refractivity (Wildman–Crippen MR) is 112 cm³/mol. The highest BCUT2D eigenvalue weighted by molar-refractivity contribution is 5.70. The summed E-state index contributed by atoms with van der Waals surface area (Å²) in [5, 5.41) is 8.72. The Labute approximate surface area is 169 Å². The summed E-state index contributed by atoms with van der Waals surface area (Å²) in [6.07, 6.45) is 0. The van der Waals surface area contributed by atoms with Crippen molar-refractivity contribution in [2.75, 3.05) is 14.2 Å². The number of benzene rings is 2. The Hall–Kier alpha value is -4.20. The van der Waals surface area contributed by atoms with Gasteiger partial charge in [0.2, 0.25) is 0 Å². The fourth-order valence-corrected chi connectivity index (χ4v) is 3.40. The Kier molecular flexibility index (Phi) is 3.99. The van der Waals surface area contributed by atoms with E-state index in [0.717, 1.165) is 20.2 Å². The smallest absolute Gasteiger partial charge is 0.297 e. The molecule has 0 amide bonds. The van der Waals surface area contributed by atoms with Crippen LogP contribution in [0.1, 0.15) is 0 Å². The maximum Gasteiger partial charge on any atom is 0.297 e. The molecule has 8 heteroatoms. The third-order valence-electron chi connectivity index (χ3n) is 5.01. The summed E-state index contributed by atoms with van der Waals surface area (Å²) in [5.41, 5.74) is 2.12. The third-order valence-corrected chi connectivity index (χ3v) is 5.01. The first-order valence-electron chi connectivity index (χ1n) is 9.17. The van der Waals surface area contributed by atoms with E-state index in [0.29, 0.717) is 22.9 Å². The number of hydrogen-bond donors (Lipinski definition) is 0. The molecule has 0 bridgehead atoms. The van der Waals surface area contributed by atoms with Gasteiger partial charge in [-0.05, 0) is 60.7 Å². The molecule has 3 aromatic heterocycles. The van der Waals surface area contributed by atoms with Gasteiger partial charge in [-0.15, -0.1) is 0 Å². The summed E-state index contributed by atoms with van der Waals surface area (Å²) in [6.45, 7) is 0. The summed E-state index contributed by atoms with van der Waals surface area (Å²) in [6, 6.07) is 17.7. The van der Waals surface area contributed by atoms with Crippen LogP contribution in [0.15, 0.2) is 70.3 Å². The molecule has 30 heavy (non-hydrogen) atoms. The van der Waals surface area contributed by atoms with Crippen LogP contribution in [0.25, 0.3) is 33.5 Å². The van der Waals surface area contributed by atoms with E-state index in [-0.39, 0.29) is 11.0 Å². The van der Waals surface area contributed by atoms with Gasteiger partial charge in [0.1, 0.15) is 22.5 Å². The molecule has 0 saturated heterocycles. The van der Waals surface area contributed by atoms with Crippen molar-refractivity contribution >= 4 is 11.0 Å². The van der Waals surface area contributed by atoms with Gasteiger partial charge in [-0.2, -0.15) is 19.2 Å². The van der Waals surface area contributed by atoms with Crippen molar-refractivity contribution in [3.63, 3.8) is 0 Å². The molecule has 2 aromatic carbocycles. The second kappa shape index (κ2) is 6.70. The third kappa shape index (κ3) is 2.69. The highest BCUT2D eigenvalue weighted by Gasteiger charge is 2.17. The number of rotatable bonds is 4. The lowest BCUT2D eigenvalue weighted by atomic mass is 10.1. The van der Waals surface area contributed by atoms with Crippen LogP contribution in [0.3, 0.4) is 0 Å². The van der Waals surface area contributed by atoms with Crippen LogP contribution in [0.2, 0.25) is 0 Å². The average Bonchev–Trinajstić information content (AvgIpc) is 3.44. The molecule has 3 heterocycles. The van der Waals surface area contributed by atoms with E-state index in [1.807, 2.05) is 24.3 Å². The molecule has 0 aliphatic carbocycles. The van der Waals surface area contributed by atoms with E-state index in [1.165, 1.54) is 0 Å².